The van der Waals surface area contributed by atoms with Crippen LogP contribution in [0.3, 0.4) is 0 Å². The second-order valence-corrected chi connectivity index (χ2v) is 2.89. The molecule has 12 heavy (non-hydrogen) atoms. The highest BCUT2D eigenvalue weighted by molar-refractivity contribution is 4.77. The third-order valence-electron chi connectivity index (χ3n) is 2.18. The standard InChI is InChI=1S/C9H20O3/c1-5-7-9(11-3,12-4)8(10)6-2/h8,10H,5-7H2,1-4H3. The lowest BCUT2D eigenvalue weighted by Gasteiger charge is -2.34. The van der Waals surface area contributed by atoms with Gasteiger partial charge in [-0.05, 0) is 6.42 Å². The van der Waals surface area contributed by atoms with Crippen molar-refractivity contribution in [2.75, 3.05) is 14.2 Å². The van der Waals surface area contributed by atoms with Crippen LogP contribution in [0.5, 0.6) is 0 Å². The number of hydrogen-bond donors (Lipinski definition) is 1. The fraction of sp³-hybridized carbons (Fsp3) is 1.00. The van der Waals surface area contributed by atoms with E-state index in [1.54, 1.807) is 14.2 Å². The van der Waals surface area contributed by atoms with Crippen LogP contribution in [0.2, 0.25) is 0 Å². The van der Waals surface area contributed by atoms with Gasteiger partial charge in [0.1, 0.15) is 6.10 Å². The average Bonchev–Trinajstić information content (AvgIpc) is 2.13. The van der Waals surface area contributed by atoms with Crippen LogP contribution in [0, 0.1) is 0 Å². The first-order valence-corrected chi connectivity index (χ1v) is 4.45. The van der Waals surface area contributed by atoms with Gasteiger partial charge in [-0.15, -0.1) is 0 Å². The SMILES string of the molecule is CCCC(OC)(OC)C(O)CC. The molecular weight excluding hydrogens is 156 g/mol. The van der Waals surface area contributed by atoms with Gasteiger partial charge < -0.3 is 14.6 Å². The molecule has 0 spiro atoms. The lowest BCUT2D eigenvalue weighted by Crippen LogP contribution is -2.45. The second kappa shape index (κ2) is 5.51. The number of aliphatic hydroxyl groups excluding tert-OH is 1. The summed E-state index contributed by atoms with van der Waals surface area (Å²) in [6.07, 6.45) is 1.74. The van der Waals surface area contributed by atoms with E-state index in [-0.39, 0.29) is 0 Å². The first-order chi connectivity index (χ1) is 5.66. The number of methoxy groups -OCH3 is 2. The maximum absolute atomic E-state index is 9.65. The smallest absolute Gasteiger partial charge is 0.193 e. The first-order valence-electron chi connectivity index (χ1n) is 4.45. The van der Waals surface area contributed by atoms with Gasteiger partial charge in [0.05, 0.1) is 0 Å². The predicted molar refractivity (Wildman–Crippen MR) is 48.0 cm³/mol. The van der Waals surface area contributed by atoms with Crippen molar-refractivity contribution in [1.82, 2.24) is 0 Å². The number of aliphatic hydroxyl groups is 1. The van der Waals surface area contributed by atoms with Crippen molar-refractivity contribution in [3.63, 3.8) is 0 Å². The molecule has 74 valence electrons. The van der Waals surface area contributed by atoms with E-state index in [2.05, 4.69) is 0 Å². The summed E-state index contributed by atoms with van der Waals surface area (Å²) in [4.78, 5) is 0. The van der Waals surface area contributed by atoms with Crippen LogP contribution >= 0.6 is 0 Å². The van der Waals surface area contributed by atoms with Crippen molar-refractivity contribution in [2.24, 2.45) is 0 Å². The van der Waals surface area contributed by atoms with Crippen LogP contribution in [-0.4, -0.2) is 31.2 Å². The molecule has 0 aliphatic rings. The van der Waals surface area contributed by atoms with E-state index < -0.39 is 11.9 Å². The summed E-state index contributed by atoms with van der Waals surface area (Å²) in [5.41, 5.74) is 0. The predicted octanol–water partition coefficient (Wildman–Crippen LogP) is 1.55. The fourth-order valence-corrected chi connectivity index (χ4v) is 1.39. The molecule has 0 rings (SSSR count). The lowest BCUT2D eigenvalue weighted by molar-refractivity contribution is -0.262. The van der Waals surface area contributed by atoms with Gasteiger partial charge in [0.15, 0.2) is 5.79 Å². The van der Waals surface area contributed by atoms with Crippen molar-refractivity contribution in [3.05, 3.63) is 0 Å². The van der Waals surface area contributed by atoms with Crippen LogP contribution in [-0.2, 0) is 9.47 Å². The Morgan fingerprint density at radius 1 is 1.25 bits per heavy atom. The van der Waals surface area contributed by atoms with Gasteiger partial charge in [0.25, 0.3) is 0 Å². The number of rotatable bonds is 6. The molecule has 0 heterocycles. The summed E-state index contributed by atoms with van der Waals surface area (Å²) in [7, 11) is 3.14. The maximum Gasteiger partial charge on any atom is 0.193 e. The molecule has 0 amide bonds. The maximum atomic E-state index is 9.65. The highest BCUT2D eigenvalue weighted by Gasteiger charge is 2.35. The number of hydrogen-bond acceptors (Lipinski definition) is 3. The zero-order chi connectivity index (χ0) is 9.61. The van der Waals surface area contributed by atoms with E-state index in [1.165, 1.54) is 0 Å². The van der Waals surface area contributed by atoms with Gasteiger partial charge in [-0.3, -0.25) is 0 Å². The molecule has 1 N–H and O–H groups in total. The van der Waals surface area contributed by atoms with Gasteiger partial charge in [-0.1, -0.05) is 20.3 Å². The Labute approximate surface area is 74.7 Å². The molecule has 0 fully saturated rings. The van der Waals surface area contributed by atoms with Crippen LogP contribution in [0.15, 0.2) is 0 Å². The van der Waals surface area contributed by atoms with Crippen molar-refractivity contribution in [3.8, 4) is 0 Å². The molecule has 0 saturated heterocycles. The van der Waals surface area contributed by atoms with Crippen molar-refractivity contribution in [2.45, 2.75) is 45.0 Å². The molecule has 0 aromatic heterocycles. The van der Waals surface area contributed by atoms with Crippen LogP contribution in [0.25, 0.3) is 0 Å². The lowest BCUT2D eigenvalue weighted by atomic mass is 10.0. The zero-order valence-electron chi connectivity index (χ0n) is 8.46. The topological polar surface area (TPSA) is 38.7 Å². The Morgan fingerprint density at radius 2 is 1.75 bits per heavy atom. The summed E-state index contributed by atoms with van der Waals surface area (Å²) in [6, 6.07) is 0. The number of ether oxygens (including phenoxy) is 2. The summed E-state index contributed by atoms with van der Waals surface area (Å²) < 4.78 is 10.4. The van der Waals surface area contributed by atoms with Crippen molar-refractivity contribution >= 4 is 0 Å². The first kappa shape index (κ1) is 11.9. The summed E-state index contributed by atoms with van der Waals surface area (Å²) in [5, 5.41) is 9.65. The van der Waals surface area contributed by atoms with E-state index >= 15 is 0 Å². The monoisotopic (exact) mass is 176 g/mol. The largest absolute Gasteiger partial charge is 0.388 e. The van der Waals surface area contributed by atoms with Gasteiger partial charge in [0.2, 0.25) is 0 Å². The Morgan fingerprint density at radius 3 is 2.00 bits per heavy atom. The van der Waals surface area contributed by atoms with Crippen LogP contribution in [0.4, 0.5) is 0 Å². The quantitative estimate of drug-likeness (QED) is 0.624. The molecule has 1 atom stereocenters. The minimum absolute atomic E-state index is 0.549. The molecule has 0 aliphatic carbocycles. The summed E-state index contributed by atoms with van der Waals surface area (Å²) >= 11 is 0. The summed E-state index contributed by atoms with van der Waals surface area (Å²) in [6.45, 7) is 3.95. The van der Waals surface area contributed by atoms with Crippen LogP contribution in [0.1, 0.15) is 33.1 Å². The fourth-order valence-electron chi connectivity index (χ4n) is 1.39. The molecule has 0 saturated carbocycles. The van der Waals surface area contributed by atoms with Crippen molar-refractivity contribution in [1.29, 1.82) is 0 Å². The van der Waals surface area contributed by atoms with Gasteiger partial charge >= 0.3 is 0 Å². The highest BCUT2D eigenvalue weighted by atomic mass is 16.7. The van der Waals surface area contributed by atoms with E-state index in [9.17, 15) is 5.11 Å². The van der Waals surface area contributed by atoms with Gasteiger partial charge in [-0.2, -0.15) is 0 Å². The highest BCUT2D eigenvalue weighted by Crippen LogP contribution is 2.24. The molecule has 3 heteroatoms. The molecule has 0 aromatic carbocycles. The Kier molecular flexibility index (Phi) is 5.46. The zero-order valence-corrected chi connectivity index (χ0v) is 8.46. The Bertz CT molecular complexity index is 110. The Hall–Kier alpha value is -0.120. The average molecular weight is 176 g/mol. The second-order valence-electron chi connectivity index (χ2n) is 2.89. The molecule has 1 unspecified atom stereocenters. The van der Waals surface area contributed by atoms with Gasteiger partial charge in [0, 0.05) is 20.6 Å². The minimum atomic E-state index is -0.802. The van der Waals surface area contributed by atoms with E-state index in [4.69, 9.17) is 9.47 Å². The van der Waals surface area contributed by atoms with Crippen LogP contribution < -0.4 is 0 Å². The third-order valence-corrected chi connectivity index (χ3v) is 2.18. The summed E-state index contributed by atoms with van der Waals surface area (Å²) in [5.74, 6) is -0.802. The van der Waals surface area contributed by atoms with E-state index in [1.807, 2.05) is 13.8 Å². The molecule has 3 nitrogen and oxygen atoms in total. The van der Waals surface area contributed by atoms with Gasteiger partial charge in [-0.25, -0.2) is 0 Å². The molecule has 0 aromatic rings. The minimum Gasteiger partial charge on any atom is -0.388 e. The van der Waals surface area contributed by atoms with E-state index in [0.717, 1.165) is 12.8 Å². The third kappa shape index (κ3) is 2.44. The molecule has 0 bridgehead atoms. The van der Waals surface area contributed by atoms with E-state index in [0.29, 0.717) is 6.42 Å². The van der Waals surface area contributed by atoms with Crippen molar-refractivity contribution < 1.29 is 14.6 Å². The molecule has 0 radical (unpaired) electrons. The molecule has 0 aliphatic heterocycles. The Balaban J connectivity index is 4.33. The normalized spacial score (nSPS) is 14.8. The molecular formula is C9H20O3.